The van der Waals surface area contributed by atoms with Crippen molar-refractivity contribution in [2.24, 2.45) is 0 Å². The lowest BCUT2D eigenvalue weighted by Gasteiger charge is -2.05. The molecule has 0 radical (unpaired) electrons. The van der Waals surface area contributed by atoms with Gasteiger partial charge in [0, 0.05) is 5.25 Å². The van der Waals surface area contributed by atoms with Crippen molar-refractivity contribution in [3.63, 3.8) is 0 Å². The van der Waals surface area contributed by atoms with Crippen molar-refractivity contribution in [3.8, 4) is 0 Å². The highest BCUT2D eigenvalue weighted by Gasteiger charge is 2.09. The molecule has 4 nitrogen and oxygen atoms in total. The molecule has 2 rings (SSSR count). The quantitative estimate of drug-likeness (QED) is 0.856. The van der Waals surface area contributed by atoms with Crippen LogP contribution in [0.4, 0.5) is 0 Å². The molecular weight excluding hydrogens is 236 g/mol. The fourth-order valence-electron chi connectivity index (χ4n) is 1.60. The molecule has 1 aromatic carbocycles. The summed E-state index contributed by atoms with van der Waals surface area (Å²) in [6.45, 7) is 1.92. The van der Waals surface area contributed by atoms with E-state index in [0.29, 0.717) is 5.75 Å². The largest absolute Gasteiger partial charge is 0.481 e. The number of carbonyl (C=O) groups is 1. The van der Waals surface area contributed by atoms with Gasteiger partial charge in [0.25, 0.3) is 0 Å². The van der Waals surface area contributed by atoms with Crippen LogP contribution in [0.25, 0.3) is 11.0 Å². The topological polar surface area (TPSA) is 66.0 Å². The third-order valence-electron chi connectivity index (χ3n) is 2.41. The molecule has 90 valence electrons. The van der Waals surface area contributed by atoms with Gasteiger partial charge in [-0.25, -0.2) is 4.98 Å². The molecule has 0 spiro atoms. The first-order chi connectivity index (χ1) is 8.15. The van der Waals surface area contributed by atoms with Gasteiger partial charge in [-0.05, 0) is 12.1 Å². The minimum absolute atomic E-state index is 0.0979. The lowest BCUT2D eigenvalue weighted by molar-refractivity contribution is -0.136. The number of imidazole rings is 1. The monoisotopic (exact) mass is 250 g/mol. The first-order valence-corrected chi connectivity index (χ1v) is 6.47. The van der Waals surface area contributed by atoms with E-state index >= 15 is 0 Å². The zero-order valence-corrected chi connectivity index (χ0v) is 10.3. The Labute approximate surface area is 103 Å². The van der Waals surface area contributed by atoms with Gasteiger partial charge in [-0.3, -0.25) is 4.79 Å². The first kappa shape index (κ1) is 12.0. The summed E-state index contributed by atoms with van der Waals surface area (Å²) in [5, 5.41) is 8.76. The molecule has 0 bridgehead atoms. The van der Waals surface area contributed by atoms with E-state index in [0.717, 1.165) is 16.9 Å². The molecule has 5 heteroatoms. The summed E-state index contributed by atoms with van der Waals surface area (Å²) in [5.74, 6) is 0.853. The van der Waals surface area contributed by atoms with Crippen LogP contribution in [0.3, 0.4) is 0 Å². The zero-order valence-electron chi connectivity index (χ0n) is 9.51. The molecular formula is C12H14N2O2S. The molecule has 1 unspecified atom stereocenters. The minimum Gasteiger partial charge on any atom is -0.481 e. The first-order valence-electron chi connectivity index (χ1n) is 5.42. The molecule has 0 aliphatic carbocycles. The van der Waals surface area contributed by atoms with Crippen molar-refractivity contribution in [1.82, 2.24) is 9.97 Å². The Morgan fingerprint density at radius 1 is 1.53 bits per heavy atom. The van der Waals surface area contributed by atoms with Crippen molar-refractivity contribution in [3.05, 3.63) is 30.1 Å². The summed E-state index contributed by atoms with van der Waals surface area (Å²) in [5.41, 5.74) is 1.97. The summed E-state index contributed by atoms with van der Waals surface area (Å²) in [4.78, 5) is 18.2. The number of rotatable bonds is 5. The van der Waals surface area contributed by atoms with Gasteiger partial charge in [0.1, 0.15) is 5.82 Å². The molecule has 0 aliphatic heterocycles. The van der Waals surface area contributed by atoms with Gasteiger partial charge in [0.05, 0.1) is 23.2 Å². The number of nitrogens with one attached hydrogen (secondary N) is 1. The van der Waals surface area contributed by atoms with Crippen LogP contribution in [-0.2, 0) is 10.5 Å². The third kappa shape index (κ3) is 3.23. The van der Waals surface area contributed by atoms with Gasteiger partial charge >= 0.3 is 5.97 Å². The highest BCUT2D eigenvalue weighted by molar-refractivity contribution is 7.99. The van der Waals surface area contributed by atoms with Crippen molar-refractivity contribution in [2.75, 3.05) is 0 Å². The Balaban J connectivity index is 1.97. The van der Waals surface area contributed by atoms with Crippen molar-refractivity contribution >= 4 is 28.8 Å². The van der Waals surface area contributed by atoms with Gasteiger partial charge in [0.2, 0.25) is 0 Å². The lowest BCUT2D eigenvalue weighted by Crippen LogP contribution is -2.06. The second kappa shape index (κ2) is 5.23. The number of para-hydroxylation sites is 2. The van der Waals surface area contributed by atoms with Crippen LogP contribution in [0.2, 0.25) is 0 Å². The molecule has 0 aliphatic rings. The van der Waals surface area contributed by atoms with Gasteiger partial charge in [-0.1, -0.05) is 19.1 Å². The summed E-state index contributed by atoms with van der Waals surface area (Å²) in [6.07, 6.45) is 0.185. The number of hydrogen-bond donors (Lipinski definition) is 2. The van der Waals surface area contributed by atoms with Gasteiger partial charge in [-0.2, -0.15) is 11.8 Å². The summed E-state index contributed by atoms with van der Waals surface area (Å²) >= 11 is 1.60. The van der Waals surface area contributed by atoms with Crippen LogP contribution in [0, 0.1) is 0 Å². The Hall–Kier alpha value is -1.49. The van der Waals surface area contributed by atoms with Crippen LogP contribution in [0.15, 0.2) is 24.3 Å². The standard InChI is InChI=1S/C12H14N2O2S/c1-8(6-12(15)16)17-7-11-13-9-4-2-3-5-10(9)14-11/h2-5,8H,6-7H2,1H3,(H,13,14)(H,15,16). The average Bonchev–Trinajstić information content (AvgIpc) is 2.68. The number of aromatic nitrogens is 2. The number of carboxylic acid groups (broad SMARTS) is 1. The van der Waals surface area contributed by atoms with E-state index in [9.17, 15) is 4.79 Å². The van der Waals surface area contributed by atoms with Gasteiger partial charge < -0.3 is 10.1 Å². The second-order valence-electron chi connectivity index (χ2n) is 3.92. The second-order valence-corrected chi connectivity index (χ2v) is 5.35. The van der Waals surface area contributed by atoms with E-state index < -0.39 is 5.97 Å². The number of H-pyrrole nitrogens is 1. The normalized spacial score (nSPS) is 12.8. The number of thioether (sulfide) groups is 1. The maximum absolute atomic E-state index is 10.5. The van der Waals surface area contributed by atoms with Crippen LogP contribution in [0.5, 0.6) is 0 Å². The fraction of sp³-hybridized carbons (Fsp3) is 0.333. The minimum atomic E-state index is -0.755. The van der Waals surface area contributed by atoms with Crippen molar-refractivity contribution < 1.29 is 9.90 Å². The highest BCUT2D eigenvalue weighted by atomic mass is 32.2. The number of aliphatic carboxylic acids is 1. The van der Waals surface area contributed by atoms with Crippen molar-refractivity contribution in [2.45, 2.75) is 24.3 Å². The van der Waals surface area contributed by atoms with E-state index in [-0.39, 0.29) is 11.7 Å². The Bertz CT molecular complexity index is 491. The number of benzene rings is 1. The molecule has 1 heterocycles. The summed E-state index contributed by atoms with van der Waals surface area (Å²) in [7, 11) is 0. The summed E-state index contributed by atoms with van der Waals surface area (Å²) in [6, 6.07) is 7.86. The van der Waals surface area contributed by atoms with E-state index in [1.165, 1.54) is 0 Å². The average molecular weight is 250 g/mol. The Kier molecular flexibility index (Phi) is 3.68. The smallest absolute Gasteiger partial charge is 0.304 e. The third-order valence-corrected chi connectivity index (χ3v) is 3.58. The maximum Gasteiger partial charge on any atom is 0.304 e. The van der Waals surface area contributed by atoms with E-state index in [1.807, 2.05) is 31.2 Å². The fourth-order valence-corrected chi connectivity index (χ4v) is 2.44. The zero-order chi connectivity index (χ0) is 12.3. The number of hydrogen-bond acceptors (Lipinski definition) is 3. The molecule has 0 saturated heterocycles. The predicted octanol–water partition coefficient (Wildman–Crippen LogP) is 2.66. The molecule has 0 amide bonds. The Morgan fingerprint density at radius 3 is 3.00 bits per heavy atom. The summed E-state index contributed by atoms with van der Waals surface area (Å²) < 4.78 is 0. The maximum atomic E-state index is 10.5. The SMILES string of the molecule is CC(CC(=O)O)SCc1nc2ccccc2[nH]1. The van der Waals surface area contributed by atoms with E-state index in [4.69, 9.17) is 5.11 Å². The lowest BCUT2D eigenvalue weighted by atomic mass is 10.3. The Morgan fingerprint density at radius 2 is 2.29 bits per heavy atom. The molecule has 2 aromatic rings. The molecule has 17 heavy (non-hydrogen) atoms. The highest BCUT2D eigenvalue weighted by Crippen LogP contribution is 2.20. The van der Waals surface area contributed by atoms with Crippen LogP contribution in [-0.4, -0.2) is 26.3 Å². The molecule has 1 aromatic heterocycles. The van der Waals surface area contributed by atoms with E-state index in [2.05, 4.69) is 9.97 Å². The van der Waals surface area contributed by atoms with Crippen LogP contribution >= 0.6 is 11.8 Å². The number of aromatic amines is 1. The van der Waals surface area contributed by atoms with Crippen LogP contribution < -0.4 is 0 Å². The van der Waals surface area contributed by atoms with E-state index in [1.54, 1.807) is 11.8 Å². The van der Waals surface area contributed by atoms with Crippen molar-refractivity contribution in [1.29, 1.82) is 0 Å². The van der Waals surface area contributed by atoms with Gasteiger partial charge in [-0.15, -0.1) is 0 Å². The molecule has 1 atom stereocenters. The van der Waals surface area contributed by atoms with Crippen LogP contribution in [0.1, 0.15) is 19.2 Å². The predicted molar refractivity (Wildman–Crippen MR) is 69.1 cm³/mol. The number of nitrogens with zero attached hydrogens (tertiary/aromatic N) is 1. The van der Waals surface area contributed by atoms with Gasteiger partial charge in [0.15, 0.2) is 0 Å². The molecule has 0 fully saturated rings. The molecule has 2 N–H and O–H groups in total. The number of fused-ring (bicyclic) bond motifs is 1. The molecule has 0 saturated carbocycles. The number of carboxylic acids is 1.